The molecular weight excluding hydrogens is 424 g/mol. The van der Waals surface area contributed by atoms with E-state index in [0.717, 1.165) is 29.7 Å². The molecule has 9 heteroatoms. The Morgan fingerprint density at radius 3 is 2.76 bits per heavy atom. The fourth-order valence-electron chi connectivity index (χ4n) is 4.08. The van der Waals surface area contributed by atoms with Crippen LogP contribution in [0.1, 0.15) is 34.9 Å². The van der Waals surface area contributed by atoms with Crippen molar-refractivity contribution in [1.82, 2.24) is 15.3 Å². The molecule has 3 heterocycles. The molecular formula is C24H26N4O5. The number of aromatic amines is 1. The fraction of sp³-hybridized carbons (Fsp3) is 0.375. The Morgan fingerprint density at radius 2 is 2.06 bits per heavy atom. The summed E-state index contributed by atoms with van der Waals surface area (Å²) >= 11 is 0. The number of pyridine rings is 1. The molecule has 2 aliphatic rings. The quantitative estimate of drug-likeness (QED) is 0.532. The van der Waals surface area contributed by atoms with Gasteiger partial charge in [-0.3, -0.25) is 9.59 Å². The van der Waals surface area contributed by atoms with E-state index in [-0.39, 0.29) is 23.8 Å². The third kappa shape index (κ3) is 4.17. The van der Waals surface area contributed by atoms with Gasteiger partial charge in [-0.05, 0) is 42.7 Å². The summed E-state index contributed by atoms with van der Waals surface area (Å²) in [5, 5.41) is 6.24. The molecule has 2 aromatic heterocycles. The van der Waals surface area contributed by atoms with Crippen LogP contribution in [0.5, 0.6) is 5.75 Å². The van der Waals surface area contributed by atoms with Gasteiger partial charge in [-0.15, -0.1) is 0 Å². The average molecular weight is 450 g/mol. The number of carbonyl (C=O) groups excluding carboxylic acids is 2. The summed E-state index contributed by atoms with van der Waals surface area (Å²) in [6, 6.07) is 7.67. The van der Waals surface area contributed by atoms with Crippen molar-refractivity contribution in [1.29, 1.82) is 0 Å². The van der Waals surface area contributed by atoms with Gasteiger partial charge in [0.2, 0.25) is 5.91 Å². The van der Waals surface area contributed by atoms with E-state index in [9.17, 15) is 9.59 Å². The van der Waals surface area contributed by atoms with Crippen LogP contribution in [0.25, 0.3) is 22.2 Å². The Hall–Kier alpha value is -3.43. The molecule has 1 aromatic carbocycles. The van der Waals surface area contributed by atoms with Crippen molar-refractivity contribution in [2.75, 3.05) is 39.3 Å². The largest absolute Gasteiger partial charge is 0.497 e. The Kier molecular flexibility index (Phi) is 5.74. The van der Waals surface area contributed by atoms with Crippen molar-refractivity contribution in [3.8, 4) is 17.0 Å². The summed E-state index contributed by atoms with van der Waals surface area (Å²) in [5.74, 6) is 0.853. The molecule has 0 bridgehead atoms. The van der Waals surface area contributed by atoms with Gasteiger partial charge in [-0.25, -0.2) is 4.98 Å². The smallest absolute Gasteiger partial charge is 0.253 e. The molecule has 172 valence electrons. The zero-order chi connectivity index (χ0) is 22.9. The second-order valence-electron chi connectivity index (χ2n) is 8.22. The number of rotatable bonds is 6. The number of aromatic nitrogens is 2. The van der Waals surface area contributed by atoms with Gasteiger partial charge >= 0.3 is 0 Å². The number of fused-ring (bicyclic) bond motifs is 1. The maximum absolute atomic E-state index is 12.5. The molecule has 0 spiro atoms. The standard InChI is InChI=1S/C24H26N4O5/c1-25-24(30)18-11-26-22(28-23(29)13-3-4-13)21-17(18)10-19(27-21)15-6-5-14(31-2)9-16(15)20-12-32-7-8-33-20/h5-6,9-11,13,20,27H,3-4,7-8,12H2,1-2H3,(H,25,30)(H,26,28,29)/t20-/m1/s1. The molecule has 0 unspecified atom stereocenters. The van der Waals surface area contributed by atoms with Gasteiger partial charge in [-0.1, -0.05) is 0 Å². The van der Waals surface area contributed by atoms with E-state index in [1.807, 2.05) is 24.3 Å². The molecule has 3 aromatic rings. The predicted octanol–water partition coefficient (Wildman–Crippen LogP) is 3.03. The highest BCUT2D eigenvalue weighted by atomic mass is 16.6. The first-order valence-electron chi connectivity index (χ1n) is 11.0. The maximum Gasteiger partial charge on any atom is 0.253 e. The number of benzene rings is 1. The van der Waals surface area contributed by atoms with Crippen LogP contribution in [0.4, 0.5) is 5.82 Å². The zero-order valence-electron chi connectivity index (χ0n) is 18.6. The van der Waals surface area contributed by atoms with Crippen LogP contribution in [0, 0.1) is 5.92 Å². The predicted molar refractivity (Wildman–Crippen MR) is 122 cm³/mol. The summed E-state index contributed by atoms with van der Waals surface area (Å²) in [6.45, 7) is 1.51. The second-order valence-corrected chi connectivity index (χ2v) is 8.22. The third-order valence-corrected chi connectivity index (χ3v) is 6.04. The minimum atomic E-state index is -0.253. The lowest BCUT2D eigenvalue weighted by Crippen LogP contribution is -2.22. The number of hydrogen-bond acceptors (Lipinski definition) is 6. The molecule has 5 rings (SSSR count). The molecule has 2 amide bonds. The highest BCUT2D eigenvalue weighted by Gasteiger charge is 2.31. The van der Waals surface area contributed by atoms with Crippen LogP contribution < -0.4 is 15.4 Å². The molecule has 1 saturated heterocycles. The number of ether oxygens (including phenoxy) is 3. The lowest BCUT2D eigenvalue weighted by molar-refractivity contribution is -0.117. The van der Waals surface area contributed by atoms with E-state index in [1.54, 1.807) is 14.2 Å². The average Bonchev–Trinajstić information content (AvgIpc) is 3.62. The molecule has 9 nitrogen and oxygen atoms in total. The first-order valence-corrected chi connectivity index (χ1v) is 11.0. The molecule has 1 aliphatic carbocycles. The number of hydrogen-bond donors (Lipinski definition) is 3. The molecule has 1 saturated carbocycles. The Balaban J connectivity index is 1.63. The minimum absolute atomic E-state index is 0.0338. The Labute approximate surface area is 190 Å². The maximum atomic E-state index is 12.5. The van der Waals surface area contributed by atoms with E-state index in [2.05, 4.69) is 20.6 Å². The summed E-state index contributed by atoms with van der Waals surface area (Å²) in [6.07, 6.45) is 3.02. The number of nitrogens with one attached hydrogen (secondary N) is 3. The number of methoxy groups -OCH3 is 1. The van der Waals surface area contributed by atoms with Crippen LogP contribution in [0.3, 0.4) is 0 Å². The SMILES string of the molecule is CNC(=O)c1cnc(NC(=O)C2CC2)c2[nH]c(-c3ccc(OC)cc3[C@H]3COCCO3)cc12. The third-order valence-electron chi connectivity index (χ3n) is 6.04. The van der Waals surface area contributed by atoms with Gasteiger partial charge < -0.3 is 29.8 Å². The monoisotopic (exact) mass is 450 g/mol. The number of nitrogens with zero attached hydrogens (tertiary/aromatic N) is 1. The molecule has 3 N–H and O–H groups in total. The highest BCUT2D eigenvalue weighted by Crippen LogP contribution is 2.37. The van der Waals surface area contributed by atoms with E-state index in [1.165, 1.54) is 6.20 Å². The van der Waals surface area contributed by atoms with Gasteiger partial charge in [-0.2, -0.15) is 0 Å². The summed E-state index contributed by atoms with van der Waals surface area (Å²) < 4.78 is 17.0. The molecule has 1 aliphatic heterocycles. The van der Waals surface area contributed by atoms with E-state index < -0.39 is 0 Å². The number of anilines is 1. The van der Waals surface area contributed by atoms with E-state index >= 15 is 0 Å². The topological polar surface area (TPSA) is 115 Å². The van der Waals surface area contributed by atoms with Crippen molar-refractivity contribution in [2.45, 2.75) is 18.9 Å². The van der Waals surface area contributed by atoms with Crippen molar-refractivity contribution in [3.63, 3.8) is 0 Å². The first-order chi connectivity index (χ1) is 16.1. The van der Waals surface area contributed by atoms with Crippen LogP contribution in [-0.2, 0) is 14.3 Å². The van der Waals surface area contributed by atoms with Gasteiger partial charge in [0, 0.05) is 35.8 Å². The van der Waals surface area contributed by atoms with E-state index in [0.29, 0.717) is 47.9 Å². The number of H-pyrrole nitrogens is 1. The van der Waals surface area contributed by atoms with Gasteiger partial charge in [0.05, 0.1) is 38.0 Å². The second kappa shape index (κ2) is 8.84. The van der Waals surface area contributed by atoms with Crippen molar-refractivity contribution in [2.24, 2.45) is 5.92 Å². The summed E-state index contributed by atoms with van der Waals surface area (Å²) in [7, 11) is 3.20. The molecule has 1 atom stereocenters. The van der Waals surface area contributed by atoms with E-state index in [4.69, 9.17) is 14.2 Å². The minimum Gasteiger partial charge on any atom is -0.497 e. The normalized spacial score (nSPS) is 18.2. The lowest BCUT2D eigenvalue weighted by Gasteiger charge is -2.25. The Morgan fingerprint density at radius 1 is 1.21 bits per heavy atom. The number of amides is 2. The highest BCUT2D eigenvalue weighted by molar-refractivity contribution is 6.11. The van der Waals surface area contributed by atoms with Gasteiger partial charge in [0.1, 0.15) is 11.9 Å². The van der Waals surface area contributed by atoms with Crippen molar-refractivity contribution in [3.05, 3.63) is 41.6 Å². The molecule has 2 fully saturated rings. The lowest BCUT2D eigenvalue weighted by atomic mass is 9.99. The van der Waals surface area contributed by atoms with Crippen LogP contribution >= 0.6 is 0 Å². The summed E-state index contributed by atoms with van der Waals surface area (Å²) in [5.41, 5.74) is 3.61. The van der Waals surface area contributed by atoms with Crippen LogP contribution in [0.2, 0.25) is 0 Å². The fourth-order valence-corrected chi connectivity index (χ4v) is 4.08. The summed E-state index contributed by atoms with van der Waals surface area (Å²) in [4.78, 5) is 32.7. The molecule has 33 heavy (non-hydrogen) atoms. The van der Waals surface area contributed by atoms with Crippen molar-refractivity contribution < 1.29 is 23.8 Å². The van der Waals surface area contributed by atoms with Crippen LogP contribution in [-0.4, -0.2) is 55.8 Å². The number of carbonyl (C=O) groups is 2. The van der Waals surface area contributed by atoms with Gasteiger partial charge in [0.25, 0.3) is 5.91 Å². The van der Waals surface area contributed by atoms with Gasteiger partial charge in [0.15, 0.2) is 5.82 Å². The zero-order valence-corrected chi connectivity index (χ0v) is 18.6. The molecule has 0 radical (unpaired) electrons. The van der Waals surface area contributed by atoms with Crippen LogP contribution in [0.15, 0.2) is 30.5 Å². The Bertz CT molecular complexity index is 1210. The van der Waals surface area contributed by atoms with Crippen molar-refractivity contribution >= 4 is 28.5 Å². The first kappa shape index (κ1) is 21.4.